The molecule has 2 aliphatic rings. The number of nitrogens with zero attached hydrogens (tertiary/aromatic N) is 4. The predicted octanol–water partition coefficient (Wildman–Crippen LogP) is 4.15. The van der Waals surface area contributed by atoms with Crippen molar-refractivity contribution in [1.82, 2.24) is 14.3 Å². The minimum Gasteiger partial charge on any atom is -0.491 e. The molecule has 4 rings (SSSR count). The summed E-state index contributed by atoms with van der Waals surface area (Å²) < 4.78 is 55.9. The van der Waals surface area contributed by atoms with Crippen LogP contribution in [0.5, 0.6) is 5.75 Å². The van der Waals surface area contributed by atoms with E-state index in [1.807, 2.05) is 29.5 Å². The minimum atomic E-state index is -4.59. The number of likely N-dealkylation sites (N-methyl/N-ethyl adjacent to an activating group) is 1. The summed E-state index contributed by atoms with van der Waals surface area (Å²) in [6.07, 6.45) is -1.79. The third kappa shape index (κ3) is 5.70. The minimum absolute atomic E-state index is 0.00705. The Morgan fingerprint density at radius 2 is 1.92 bits per heavy atom. The second kappa shape index (κ2) is 10.0. The Morgan fingerprint density at radius 3 is 2.47 bits per heavy atom. The molecule has 2 aliphatic heterocycles. The van der Waals surface area contributed by atoms with Crippen molar-refractivity contribution in [2.24, 2.45) is 12.0 Å². The van der Waals surface area contributed by atoms with Gasteiger partial charge in [0.25, 0.3) is 5.91 Å². The zero-order valence-electron chi connectivity index (χ0n) is 21.6. The van der Waals surface area contributed by atoms with Crippen LogP contribution in [-0.2, 0) is 29.9 Å². The van der Waals surface area contributed by atoms with Crippen molar-refractivity contribution >= 4 is 5.91 Å². The number of alkyl halides is 3. The van der Waals surface area contributed by atoms with Gasteiger partial charge in [0.05, 0.1) is 23.8 Å². The molecule has 2 fully saturated rings. The fourth-order valence-electron chi connectivity index (χ4n) is 4.69. The maximum absolute atomic E-state index is 13.5. The summed E-state index contributed by atoms with van der Waals surface area (Å²) in [7, 11) is 3.85. The van der Waals surface area contributed by atoms with Crippen molar-refractivity contribution in [3.63, 3.8) is 0 Å². The number of halogens is 3. The van der Waals surface area contributed by atoms with E-state index < -0.39 is 17.6 Å². The van der Waals surface area contributed by atoms with E-state index in [0.29, 0.717) is 25.2 Å². The summed E-state index contributed by atoms with van der Waals surface area (Å²) in [4.78, 5) is 19.8. The van der Waals surface area contributed by atoms with E-state index in [1.54, 1.807) is 0 Å². The van der Waals surface area contributed by atoms with Crippen molar-refractivity contribution in [3.05, 3.63) is 46.6 Å². The lowest BCUT2D eigenvalue weighted by Crippen LogP contribution is -2.48. The third-order valence-electron chi connectivity index (χ3n) is 7.03. The molecule has 1 amide bonds. The highest BCUT2D eigenvalue weighted by atomic mass is 19.4. The van der Waals surface area contributed by atoms with E-state index >= 15 is 0 Å². The number of aromatic nitrogens is 2. The van der Waals surface area contributed by atoms with Crippen LogP contribution in [0.3, 0.4) is 0 Å². The molecule has 2 saturated heterocycles. The van der Waals surface area contributed by atoms with Gasteiger partial charge in [0.1, 0.15) is 12.4 Å². The molecule has 2 atom stereocenters. The van der Waals surface area contributed by atoms with Crippen molar-refractivity contribution in [3.8, 4) is 5.75 Å². The maximum atomic E-state index is 13.5. The topological polar surface area (TPSA) is 61.0 Å². The fourth-order valence-corrected chi connectivity index (χ4v) is 4.69. The molecule has 0 saturated carbocycles. The van der Waals surface area contributed by atoms with E-state index in [1.165, 1.54) is 6.07 Å². The zero-order valence-corrected chi connectivity index (χ0v) is 21.6. The summed E-state index contributed by atoms with van der Waals surface area (Å²) >= 11 is 0. The van der Waals surface area contributed by atoms with Gasteiger partial charge in [-0.25, -0.2) is 0 Å². The first-order chi connectivity index (χ1) is 16.8. The monoisotopic (exact) mass is 508 g/mol. The molecular weight excluding hydrogens is 473 g/mol. The second-order valence-corrected chi connectivity index (χ2v) is 10.7. The van der Waals surface area contributed by atoms with Crippen LogP contribution in [0, 0.1) is 0 Å². The third-order valence-corrected chi connectivity index (χ3v) is 7.03. The summed E-state index contributed by atoms with van der Waals surface area (Å²) in [6.45, 7) is 8.59. The standard InChI is InChI=1S/C26H35F3N4O3/c1-25(2,3)22-14-23(33(32(22)5)15-19-7-6-12-35-19)30-24(34)20-13-17(26(27,28)29)8-9-21(20)36-16-18-10-11-31(18)4/h8-9,13-14,18-19H,6-7,10-12,15-16H2,1-5H3/t18-,19+/m0/s1. The normalized spacial score (nSPS) is 21.6. The van der Waals surface area contributed by atoms with Gasteiger partial charge in [-0.3, -0.25) is 19.1 Å². The first kappa shape index (κ1) is 26.5. The fraction of sp³-hybridized carbons (Fsp3) is 0.615. The van der Waals surface area contributed by atoms with Gasteiger partial charge in [0, 0.05) is 36.9 Å². The lowest BCUT2D eigenvalue weighted by atomic mass is 9.92. The van der Waals surface area contributed by atoms with Crippen molar-refractivity contribution in [1.29, 1.82) is 0 Å². The molecule has 36 heavy (non-hydrogen) atoms. The number of hydrogen-bond donors (Lipinski definition) is 0. The molecule has 0 aliphatic carbocycles. The number of benzene rings is 1. The van der Waals surface area contributed by atoms with Gasteiger partial charge in [-0.1, -0.05) is 20.8 Å². The zero-order chi connectivity index (χ0) is 26.3. The number of rotatable bonds is 6. The van der Waals surface area contributed by atoms with Gasteiger partial charge >= 0.3 is 6.18 Å². The predicted molar refractivity (Wildman–Crippen MR) is 129 cm³/mol. The Kier molecular flexibility index (Phi) is 7.39. The second-order valence-electron chi connectivity index (χ2n) is 10.7. The maximum Gasteiger partial charge on any atom is 0.416 e. The molecule has 1 aromatic carbocycles. The highest BCUT2D eigenvalue weighted by Gasteiger charge is 2.33. The Labute approximate surface area is 209 Å². The van der Waals surface area contributed by atoms with E-state index in [-0.39, 0.29) is 28.9 Å². The molecule has 0 unspecified atom stereocenters. The molecule has 3 heterocycles. The van der Waals surface area contributed by atoms with E-state index in [2.05, 4.69) is 30.7 Å². The smallest absolute Gasteiger partial charge is 0.416 e. The molecule has 2 aromatic rings. The van der Waals surface area contributed by atoms with Gasteiger partial charge in [0.15, 0.2) is 5.49 Å². The van der Waals surface area contributed by atoms with Gasteiger partial charge in [-0.15, -0.1) is 0 Å². The van der Waals surface area contributed by atoms with Crippen LogP contribution in [0.15, 0.2) is 29.3 Å². The summed E-state index contributed by atoms with van der Waals surface area (Å²) in [5.74, 6) is -0.667. The highest BCUT2D eigenvalue weighted by molar-refractivity contribution is 5.97. The van der Waals surface area contributed by atoms with Crippen LogP contribution < -0.4 is 10.2 Å². The molecule has 0 radical (unpaired) electrons. The average molecular weight is 509 g/mol. The van der Waals surface area contributed by atoms with E-state index in [4.69, 9.17) is 9.47 Å². The number of carbonyl (C=O) groups is 1. The van der Waals surface area contributed by atoms with Crippen LogP contribution >= 0.6 is 0 Å². The quantitative estimate of drug-likeness (QED) is 0.589. The summed E-state index contributed by atoms with van der Waals surface area (Å²) in [5, 5.41) is 0. The molecule has 7 nitrogen and oxygen atoms in total. The molecule has 0 N–H and O–H groups in total. The summed E-state index contributed by atoms with van der Waals surface area (Å²) in [5.41, 5.74) is -0.0181. The van der Waals surface area contributed by atoms with Crippen LogP contribution in [0.1, 0.15) is 61.6 Å². The van der Waals surface area contributed by atoms with Crippen LogP contribution in [0.4, 0.5) is 13.2 Å². The van der Waals surface area contributed by atoms with Gasteiger partial charge < -0.3 is 9.47 Å². The lowest BCUT2D eigenvalue weighted by molar-refractivity contribution is -0.137. The Balaban J connectivity index is 1.74. The number of amides is 1. The number of ether oxygens (including phenoxy) is 2. The Morgan fingerprint density at radius 1 is 1.17 bits per heavy atom. The molecule has 10 heteroatoms. The van der Waals surface area contributed by atoms with Gasteiger partial charge in [-0.05, 0) is 51.1 Å². The Hall–Kier alpha value is -2.59. The van der Waals surface area contributed by atoms with Gasteiger partial charge in [-0.2, -0.15) is 18.2 Å². The first-order valence-corrected chi connectivity index (χ1v) is 12.4. The molecule has 1 aromatic heterocycles. The SMILES string of the molecule is CN1CC[C@H]1COc1ccc(C(F)(F)F)cc1C(=O)N=c1cc(C(C)(C)C)n(C)n1C[C@H]1CCCO1. The van der Waals surface area contributed by atoms with E-state index in [0.717, 1.165) is 43.6 Å². The largest absolute Gasteiger partial charge is 0.491 e. The number of likely N-dealkylation sites (tertiary alicyclic amines) is 1. The molecule has 0 bridgehead atoms. The van der Waals surface area contributed by atoms with Crippen LogP contribution in [0.2, 0.25) is 0 Å². The molecular formula is C26H35F3N4O3. The Bertz CT molecular complexity index is 1170. The lowest BCUT2D eigenvalue weighted by Gasteiger charge is -2.37. The van der Waals surface area contributed by atoms with Crippen LogP contribution in [0.25, 0.3) is 0 Å². The number of hydrogen-bond acceptors (Lipinski definition) is 4. The highest BCUT2D eigenvalue weighted by Crippen LogP contribution is 2.33. The molecule has 198 valence electrons. The number of carbonyl (C=O) groups excluding carboxylic acids is 1. The van der Waals surface area contributed by atoms with Crippen LogP contribution in [-0.4, -0.2) is 59.1 Å². The first-order valence-electron chi connectivity index (χ1n) is 12.4. The summed E-state index contributed by atoms with van der Waals surface area (Å²) in [6, 6.07) is 4.99. The van der Waals surface area contributed by atoms with Gasteiger partial charge in [0.2, 0.25) is 0 Å². The van der Waals surface area contributed by atoms with Crippen molar-refractivity contribution in [2.75, 3.05) is 26.8 Å². The van der Waals surface area contributed by atoms with E-state index in [9.17, 15) is 18.0 Å². The van der Waals surface area contributed by atoms with Crippen molar-refractivity contribution < 1.29 is 27.4 Å². The van der Waals surface area contributed by atoms with Crippen molar-refractivity contribution in [2.45, 2.75) is 70.3 Å². The average Bonchev–Trinajstić information content (AvgIpc) is 3.41. The molecule has 0 spiro atoms.